The molecule has 0 bridgehead atoms. The van der Waals surface area contributed by atoms with Crippen LogP contribution in [0.2, 0.25) is 0 Å². The van der Waals surface area contributed by atoms with Crippen molar-refractivity contribution in [2.45, 2.75) is 32.0 Å². The molecule has 0 amide bonds. The van der Waals surface area contributed by atoms with Crippen molar-refractivity contribution >= 4 is 0 Å². The number of nitrogens with zero attached hydrogens (tertiary/aromatic N) is 2. The van der Waals surface area contributed by atoms with Crippen LogP contribution in [0.3, 0.4) is 0 Å². The van der Waals surface area contributed by atoms with E-state index in [2.05, 4.69) is 16.0 Å². The Morgan fingerprint density at radius 3 is 2.47 bits per heavy atom. The van der Waals surface area contributed by atoms with E-state index in [1.807, 2.05) is 30.5 Å². The Labute approximate surface area is 112 Å². The summed E-state index contributed by atoms with van der Waals surface area (Å²) in [6.07, 6.45) is 4.35. The van der Waals surface area contributed by atoms with Crippen LogP contribution in [0.5, 0.6) is 0 Å². The van der Waals surface area contributed by atoms with Gasteiger partial charge in [0.1, 0.15) is 5.82 Å². The lowest BCUT2D eigenvalue weighted by atomic mass is 10.2. The van der Waals surface area contributed by atoms with Gasteiger partial charge in [-0.25, -0.2) is 4.39 Å². The molecule has 98 valence electrons. The summed E-state index contributed by atoms with van der Waals surface area (Å²) in [4.78, 5) is 6.81. The van der Waals surface area contributed by atoms with Crippen molar-refractivity contribution in [3.05, 3.63) is 65.7 Å². The van der Waals surface area contributed by atoms with Crippen LogP contribution in [0.25, 0.3) is 0 Å². The molecule has 0 unspecified atom stereocenters. The fourth-order valence-electron chi connectivity index (χ4n) is 2.28. The molecule has 0 N–H and O–H groups in total. The second-order valence-electron chi connectivity index (χ2n) is 5.08. The summed E-state index contributed by atoms with van der Waals surface area (Å²) in [6, 6.07) is 13.5. The zero-order valence-corrected chi connectivity index (χ0v) is 10.8. The van der Waals surface area contributed by atoms with Crippen LogP contribution in [0, 0.1) is 5.82 Å². The Balaban J connectivity index is 1.69. The van der Waals surface area contributed by atoms with Gasteiger partial charge < -0.3 is 0 Å². The summed E-state index contributed by atoms with van der Waals surface area (Å²) < 4.78 is 12.9. The molecule has 2 nitrogen and oxygen atoms in total. The average molecular weight is 256 g/mol. The maximum absolute atomic E-state index is 12.9. The molecule has 2 aromatic rings. The maximum atomic E-state index is 12.9. The molecule has 0 radical (unpaired) electrons. The summed E-state index contributed by atoms with van der Waals surface area (Å²) in [7, 11) is 0. The van der Waals surface area contributed by atoms with E-state index in [-0.39, 0.29) is 5.82 Å². The Kier molecular flexibility index (Phi) is 3.56. The van der Waals surface area contributed by atoms with Crippen molar-refractivity contribution in [2.24, 2.45) is 0 Å². The predicted octanol–water partition coefficient (Wildman–Crippen LogP) is 3.39. The van der Waals surface area contributed by atoms with E-state index in [1.165, 1.54) is 25.0 Å². The molecule has 1 saturated carbocycles. The zero-order chi connectivity index (χ0) is 13.1. The van der Waals surface area contributed by atoms with Gasteiger partial charge in [0.25, 0.3) is 0 Å². The van der Waals surface area contributed by atoms with Gasteiger partial charge in [-0.3, -0.25) is 9.88 Å². The standard InChI is InChI=1S/C16H17FN2/c17-14-6-4-13(5-7-14)11-19(16-8-9-16)12-15-3-1-2-10-18-15/h1-7,10,16H,8-9,11-12H2. The molecule has 1 aliphatic carbocycles. The van der Waals surface area contributed by atoms with Crippen LogP contribution < -0.4 is 0 Å². The molecule has 3 rings (SSSR count). The van der Waals surface area contributed by atoms with E-state index in [0.717, 1.165) is 24.3 Å². The van der Waals surface area contributed by atoms with Crippen molar-refractivity contribution < 1.29 is 4.39 Å². The van der Waals surface area contributed by atoms with Gasteiger partial charge in [-0.2, -0.15) is 0 Å². The Bertz CT molecular complexity index is 520. The summed E-state index contributed by atoms with van der Waals surface area (Å²) in [5.74, 6) is -0.175. The van der Waals surface area contributed by atoms with Crippen LogP contribution in [0.1, 0.15) is 24.1 Å². The molecule has 1 fully saturated rings. The molecule has 1 heterocycles. The third-order valence-electron chi connectivity index (χ3n) is 3.45. The van der Waals surface area contributed by atoms with Gasteiger partial charge in [0.05, 0.1) is 5.69 Å². The van der Waals surface area contributed by atoms with Crippen LogP contribution in [0.15, 0.2) is 48.7 Å². The Morgan fingerprint density at radius 1 is 1.05 bits per heavy atom. The minimum atomic E-state index is -0.175. The first-order chi connectivity index (χ1) is 9.31. The number of hydrogen-bond donors (Lipinski definition) is 0. The minimum absolute atomic E-state index is 0.175. The monoisotopic (exact) mass is 256 g/mol. The Morgan fingerprint density at radius 2 is 1.84 bits per heavy atom. The first-order valence-corrected chi connectivity index (χ1v) is 6.70. The summed E-state index contributed by atoms with van der Waals surface area (Å²) in [5.41, 5.74) is 2.25. The van der Waals surface area contributed by atoms with Crippen molar-refractivity contribution in [3.63, 3.8) is 0 Å². The highest BCUT2D eigenvalue weighted by molar-refractivity contribution is 5.16. The van der Waals surface area contributed by atoms with Crippen molar-refractivity contribution in [3.8, 4) is 0 Å². The second-order valence-corrected chi connectivity index (χ2v) is 5.08. The van der Waals surface area contributed by atoms with Gasteiger partial charge in [0.2, 0.25) is 0 Å². The normalized spacial score (nSPS) is 14.8. The van der Waals surface area contributed by atoms with Crippen molar-refractivity contribution in [1.82, 2.24) is 9.88 Å². The maximum Gasteiger partial charge on any atom is 0.123 e. The molecule has 19 heavy (non-hydrogen) atoms. The number of aromatic nitrogens is 1. The first-order valence-electron chi connectivity index (χ1n) is 6.70. The fourth-order valence-corrected chi connectivity index (χ4v) is 2.28. The van der Waals surface area contributed by atoms with Crippen LogP contribution >= 0.6 is 0 Å². The molecule has 1 aromatic heterocycles. The summed E-state index contributed by atoms with van der Waals surface area (Å²) >= 11 is 0. The lowest BCUT2D eigenvalue weighted by molar-refractivity contribution is 0.242. The largest absolute Gasteiger partial charge is 0.290 e. The molecular weight excluding hydrogens is 239 g/mol. The first kappa shape index (κ1) is 12.3. The van der Waals surface area contributed by atoms with Gasteiger partial charge >= 0.3 is 0 Å². The third-order valence-corrected chi connectivity index (χ3v) is 3.45. The lowest BCUT2D eigenvalue weighted by Crippen LogP contribution is -2.25. The summed E-state index contributed by atoms with van der Waals surface area (Å²) in [5, 5.41) is 0. The molecule has 1 aliphatic rings. The quantitative estimate of drug-likeness (QED) is 0.815. The average Bonchev–Trinajstić information content (AvgIpc) is 3.26. The van der Waals surface area contributed by atoms with E-state index < -0.39 is 0 Å². The molecule has 1 aromatic carbocycles. The van der Waals surface area contributed by atoms with Crippen LogP contribution in [-0.2, 0) is 13.1 Å². The highest BCUT2D eigenvalue weighted by atomic mass is 19.1. The van der Waals surface area contributed by atoms with Crippen molar-refractivity contribution in [1.29, 1.82) is 0 Å². The highest BCUT2D eigenvalue weighted by Gasteiger charge is 2.29. The van der Waals surface area contributed by atoms with Gasteiger partial charge in [0, 0.05) is 25.3 Å². The molecule has 0 aliphatic heterocycles. The van der Waals surface area contributed by atoms with Crippen molar-refractivity contribution in [2.75, 3.05) is 0 Å². The minimum Gasteiger partial charge on any atom is -0.290 e. The predicted molar refractivity (Wildman–Crippen MR) is 72.9 cm³/mol. The lowest BCUT2D eigenvalue weighted by Gasteiger charge is -2.21. The third kappa shape index (κ3) is 3.38. The smallest absolute Gasteiger partial charge is 0.123 e. The Hall–Kier alpha value is -1.74. The van der Waals surface area contributed by atoms with E-state index in [1.54, 1.807) is 0 Å². The molecule has 0 atom stereocenters. The number of hydrogen-bond acceptors (Lipinski definition) is 2. The summed E-state index contributed by atoms with van der Waals surface area (Å²) in [6.45, 7) is 1.73. The highest BCUT2D eigenvalue weighted by Crippen LogP contribution is 2.29. The second kappa shape index (κ2) is 5.49. The van der Waals surface area contributed by atoms with E-state index >= 15 is 0 Å². The molecular formula is C16H17FN2. The number of halogens is 1. The topological polar surface area (TPSA) is 16.1 Å². The molecule has 3 heteroatoms. The van der Waals surface area contributed by atoms with E-state index in [9.17, 15) is 4.39 Å². The molecule has 0 saturated heterocycles. The van der Waals surface area contributed by atoms with Crippen LogP contribution in [-0.4, -0.2) is 15.9 Å². The van der Waals surface area contributed by atoms with Crippen LogP contribution in [0.4, 0.5) is 4.39 Å². The SMILES string of the molecule is Fc1ccc(CN(Cc2ccccn2)C2CC2)cc1. The van der Waals surface area contributed by atoms with Gasteiger partial charge in [-0.05, 0) is 42.7 Å². The molecule has 0 spiro atoms. The number of rotatable bonds is 5. The number of benzene rings is 1. The van der Waals surface area contributed by atoms with Gasteiger partial charge in [0.15, 0.2) is 0 Å². The fraction of sp³-hybridized carbons (Fsp3) is 0.312. The zero-order valence-electron chi connectivity index (χ0n) is 10.8. The van der Waals surface area contributed by atoms with E-state index in [4.69, 9.17) is 0 Å². The van der Waals surface area contributed by atoms with Gasteiger partial charge in [-0.15, -0.1) is 0 Å². The van der Waals surface area contributed by atoms with Gasteiger partial charge in [-0.1, -0.05) is 18.2 Å². The number of pyridine rings is 1. The van der Waals surface area contributed by atoms with E-state index in [0.29, 0.717) is 6.04 Å².